The summed E-state index contributed by atoms with van der Waals surface area (Å²) >= 11 is 1.45. The predicted octanol–water partition coefficient (Wildman–Crippen LogP) is 4.53. The number of nitrogens with one attached hydrogen (secondary N) is 2. The van der Waals surface area contributed by atoms with Crippen LogP contribution < -0.4 is 10.6 Å². The van der Waals surface area contributed by atoms with E-state index in [1.807, 2.05) is 29.6 Å². The third-order valence-electron chi connectivity index (χ3n) is 5.58. The number of amides is 2. The highest BCUT2D eigenvalue weighted by molar-refractivity contribution is 7.14. The lowest BCUT2D eigenvalue weighted by atomic mass is 9.86. The SMILES string of the molecule is CC(=O)Nc1ccc(-c2csc(NC(=O)C[C@@H]3C[C@H]4CC[C@H]3C4)n2)cc1. The second-order valence-corrected chi connectivity index (χ2v) is 8.34. The molecule has 2 aromatic rings. The highest BCUT2D eigenvalue weighted by Gasteiger charge is 2.40. The molecule has 2 aliphatic rings. The Morgan fingerprint density at radius 3 is 2.62 bits per heavy atom. The Balaban J connectivity index is 1.35. The first kappa shape index (κ1) is 17.2. The summed E-state index contributed by atoms with van der Waals surface area (Å²) in [5, 5.41) is 8.31. The minimum atomic E-state index is -0.0908. The smallest absolute Gasteiger partial charge is 0.226 e. The summed E-state index contributed by atoms with van der Waals surface area (Å²) in [5.74, 6) is 2.19. The largest absolute Gasteiger partial charge is 0.326 e. The molecule has 0 radical (unpaired) electrons. The molecule has 2 N–H and O–H groups in total. The summed E-state index contributed by atoms with van der Waals surface area (Å²) in [5.41, 5.74) is 2.56. The van der Waals surface area contributed by atoms with Gasteiger partial charge in [0.2, 0.25) is 11.8 Å². The van der Waals surface area contributed by atoms with E-state index in [1.165, 1.54) is 43.9 Å². The molecule has 2 bridgehead atoms. The normalized spacial score (nSPS) is 23.8. The van der Waals surface area contributed by atoms with Gasteiger partial charge in [0.25, 0.3) is 0 Å². The molecule has 2 saturated carbocycles. The van der Waals surface area contributed by atoms with Gasteiger partial charge in [0.05, 0.1) is 5.69 Å². The number of benzene rings is 1. The lowest BCUT2D eigenvalue weighted by Crippen LogP contribution is -2.20. The van der Waals surface area contributed by atoms with Crippen LogP contribution in [0.1, 0.15) is 39.0 Å². The molecule has 6 heteroatoms. The highest BCUT2D eigenvalue weighted by Crippen LogP contribution is 2.49. The predicted molar refractivity (Wildman–Crippen MR) is 104 cm³/mol. The average molecular weight is 369 g/mol. The molecule has 5 nitrogen and oxygen atoms in total. The number of aromatic nitrogens is 1. The van der Waals surface area contributed by atoms with E-state index in [1.54, 1.807) is 0 Å². The van der Waals surface area contributed by atoms with Crippen molar-refractivity contribution in [3.8, 4) is 11.3 Å². The van der Waals surface area contributed by atoms with Gasteiger partial charge in [-0.25, -0.2) is 4.98 Å². The Bertz CT molecular complexity index is 815. The van der Waals surface area contributed by atoms with Gasteiger partial charge in [-0.3, -0.25) is 9.59 Å². The molecule has 0 aliphatic heterocycles. The Morgan fingerprint density at radius 2 is 1.96 bits per heavy atom. The molecule has 2 amide bonds. The Labute approximate surface area is 157 Å². The maximum absolute atomic E-state index is 12.4. The van der Waals surface area contributed by atoms with Gasteiger partial charge >= 0.3 is 0 Å². The summed E-state index contributed by atoms with van der Waals surface area (Å²) in [7, 11) is 0. The number of carbonyl (C=O) groups excluding carboxylic acids is 2. The molecule has 0 saturated heterocycles. The molecule has 26 heavy (non-hydrogen) atoms. The van der Waals surface area contributed by atoms with E-state index in [-0.39, 0.29) is 11.8 Å². The number of rotatable bonds is 5. The van der Waals surface area contributed by atoms with Crippen LogP contribution in [-0.2, 0) is 9.59 Å². The van der Waals surface area contributed by atoms with Gasteiger partial charge in [-0.1, -0.05) is 18.6 Å². The molecule has 4 rings (SSSR count). The molecule has 1 heterocycles. The minimum Gasteiger partial charge on any atom is -0.326 e. The first-order chi connectivity index (χ1) is 12.6. The monoisotopic (exact) mass is 369 g/mol. The van der Waals surface area contributed by atoms with Crippen molar-refractivity contribution >= 4 is 34.0 Å². The van der Waals surface area contributed by atoms with Gasteiger partial charge < -0.3 is 10.6 Å². The minimum absolute atomic E-state index is 0.0875. The van der Waals surface area contributed by atoms with Crippen molar-refractivity contribution < 1.29 is 9.59 Å². The van der Waals surface area contributed by atoms with Crippen molar-refractivity contribution in [2.75, 3.05) is 10.6 Å². The molecule has 0 spiro atoms. The van der Waals surface area contributed by atoms with Crippen molar-refractivity contribution in [1.29, 1.82) is 0 Å². The summed E-state index contributed by atoms with van der Waals surface area (Å²) in [6.07, 6.45) is 5.84. The Hall–Kier alpha value is -2.21. The molecule has 3 atom stereocenters. The highest BCUT2D eigenvalue weighted by atomic mass is 32.1. The van der Waals surface area contributed by atoms with Gasteiger partial charge in [0, 0.05) is 30.0 Å². The van der Waals surface area contributed by atoms with E-state index in [0.29, 0.717) is 17.5 Å². The van der Waals surface area contributed by atoms with Crippen LogP contribution in [0, 0.1) is 17.8 Å². The summed E-state index contributed by atoms with van der Waals surface area (Å²) in [6.45, 7) is 1.49. The fourth-order valence-electron chi connectivity index (χ4n) is 4.43. The van der Waals surface area contributed by atoms with E-state index < -0.39 is 0 Å². The van der Waals surface area contributed by atoms with Gasteiger partial charge in [0.15, 0.2) is 5.13 Å². The van der Waals surface area contributed by atoms with Crippen LogP contribution in [0.3, 0.4) is 0 Å². The maximum atomic E-state index is 12.4. The van der Waals surface area contributed by atoms with Gasteiger partial charge in [-0.05, 0) is 49.1 Å². The number of fused-ring (bicyclic) bond motifs is 2. The van der Waals surface area contributed by atoms with Crippen LogP contribution in [0.5, 0.6) is 0 Å². The molecular weight excluding hydrogens is 346 g/mol. The first-order valence-electron chi connectivity index (χ1n) is 9.20. The average Bonchev–Trinajstić information content (AvgIpc) is 3.32. The zero-order chi connectivity index (χ0) is 18.1. The van der Waals surface area contributed by atoms with E-state index in [0.717, 1.165) is 28.8 Å². The van der Waals surface area contributed by atoms with Gasteiger partial charge in [-0.15, -0.1) is 11.3 Å². The molecular formula is C20H23N3O2S. The molecule has 0 unspecified atom stereocenters. The molecule has 2 aliphatic carbocycles. The quantitative estimate of drug-likeness (QED) is 0.813. The fraction of sp³-hybridized carbons (Fsp3) is 0.450. The van der Waals surface area contributed by atoms with E-state index in [2.05, 4.69) is 15.6 Å². The first-order valence-corrected chi connectivity index (χ1v) is 10.1. The molecule has 136 valence electrons. The van der Waals surface area contributed by atoms with Crippen molar-refractivity contribution in [2.45, 2.75) is 39.0 Å². The van der Waals surface area contributed by atoms with Crippen LogP contribution in [0.4, 0.5) is 10.8 Å². The second kappa shape index (κ2) is 7.19. The lowest BCUT2D eigenvalue weighted by molar-refractivity contribution is -0.117. The van der Waals surface area contributed by atoms with E-state index >= 15 is 0 Å². The van der Waals surface area contributed by atoms with Crippen LogP contribution >= 0.6 is 11.3 Å². The summed E-state index contributed by atoms with van der Waals surface area (Å²) in [6, 6.07) is 7.54. The lowest BCUT2D eigenvalue weighted by Gasteiger charge is -2.20. The third kappa shape index (κ3) is 3.80. The van der Waals surface area contributed by atoms with Crippen molar-refractivity contribution in [3.05, 3.63) is 29.6 Å². The zero-order valence-corrected chi connectivity index (χ0v) is 15.6. The third-order valence-corrected chi connectivity index (χ3v) is 6.34. The molecule has 1 aromatic heterocycles. The number of anilines is 2. The van der Waals surface area contributed by atoms with Crippen LogP contribution in [0.25, 0.3) is 11.3 Å². The van der Waals surface area contributed by atoms with Crippen LogP contribution in [0.15, 0.2) is 29.6 Å². The van der Waals surface area contributed by atoms with Crippen molar-refractivity contribution in [2.24, 2.45) is 17.8 Å². The van der Waals surface area contributed by atoms with Crippen molar-refractivity contribution in [3.63, 3.8) is 0 Å². The zero-order valence-electron chi connectivity index (χ0n) is 14.8. The molecule has 2 fully saturated rings. The van der Waals surface area contributed by atoms with Crippen LogP contribution in [0.2, 0.25) is 0 Å². The van der Waals surface area contributed by atoms with Gasteiger partial charge in [0.1, 0.15) is 0 Å². The number of thiazole rings is 1. The Morgan fingerprint density at radius 1 is 1.15 bits per heavy atom. The van der Waals surface area contributed by atoms with E-state index in [9.17, 15) is 9.59 Å². The molecule has 1 aromatic carbocycles. The topological polar surface area (TPSA) is 71.1 Å². The Kier molecular flexibility index (Phi) is 4.76. The van der Waals surface area contributed by atoms with Crippen LogP contribution in [-0.4, -0.2) is 16.8 Å². The number of hydrogen-bond acceptors (Lipinski definition) is 4. The maximum Gasteiger partial charge on any atom is 0.226 e. The summed E-state index contributed by atoms with van der Waals surface area (Å²) in [4.78, 5) is 28.0. The van der Waals surface area contributed by atoms with Gasteiger partial charge in [-0.2, -0.15) is 0 Å². The number of nitrogens with zero attached hydrogens (tertiary/aromatic N) is 1. The number of carbonyl (C=O) groups is 2. The summed E-state index contributed by atoms with van der Waals surface area (Å²) < 4.78 is 0. The fourth-order valence-corrected chi connectivity index (χ4v) is 5.16. The second-order valence-electron chi connectivity index (χ2n) is 7.48. The van der Waals surface area contributed by atoms with E-state index in [4.69, 9.17) is 0 Å². The number of hydrogen-bond donors (Lipinski definition) is 2. The standard InChI is InChI=1S/C20H23N3O2S/c1-12(24)21-17-6-4-14(5-7-17)18-11-26-20(22-18)23-19(25)10-16-9-13-2-3-15(16)8-13/h4-7,11,13,15-16H,2-3,8-10H2,1H3,(H,21,24)(H,22,23,25)/t13-,15-,16-/m0/s1. The van der Waals surface area contributed by atoms with Crippen molar-refractivity contribution in [1.82, 2.24) is 4.98 Å².